The molecule has 4 rings (SSSR count). The van der Waals surface area contributed by atoms with Gasteiger partial charge in [0.15, 0.2) is 0 Å². The Morgan fingerprint density at radius 3 is 2.42 bits per heavy atom. The fourth-order valence-electron chi connectivity index (χ4n) is 4.10. The van der Waals surface area contributed by atoms with E-state index < -0.39 is 10.0 Å². The number of sulfonamides is 1. The Morgan fingerprint density at radius 2 is 1.69 bits per heavy atom. The third-order valence-corrected chi connectivity index (χ3v) is 6.78. The van der Waals surface area contributed by atoms with Crippen molar-refractivity contribution >= 4 is 10.0 Å². The van der Waals surface area contributed by atoms with Gasteiger partial charge in [0.25, 0.3) is 0 Å². The molecule has 0 bridgehead atoms. The van der Waals surface area contributed by atoms with Crippen LogP contribution in [0.5, 0.6) is 11.5 Å². The first-order valence-electron chi connectivity index (χ1n) is 8.87. The van der Waals surface area contributed by atoms with E-state index in [-0.39, 0.29) is 6.54 Å². The molecular weight excluding hydrogens is 350 g/mol. The predicted molar refractivity (Wildman–Crippen MR) is 99.5 cm³/mol. The molecule has 0 aliphatic carbocycles. The van der Waals surface area contributed by atoms with Gasteiger partial charge in [-0.15, -0.1) is 0 Å². The maximum absolute atomic E-state index is 13.0. The summed E-state index contributed by atoms with van der Waals surface area (Å²) in [5.41, 5.74) is 5.66. The van der Waals surface area contributed by atoms with E-state index >= 15 is 0 Å². The number of ether oxygens (including phenoxy) is 2. The molecule has 0 amide bonds. The minimum atomic E-state index is -3.62. The topological polar surface area (TPSA) is 64.6 Å². The van der Waals surface area contributed by atoms with E-state index in [9.17, 15) is 8.42 Å². The molecule has 2 aliphatic rings. The minimum Gasteiger partial charge on any atom is -0.493 e. The highest BCUT2D eigenvalue weighted by atomic mass is 32.2. The summed E-state index contributed by atoms with van der Waals surface area (Å²) in [5.74, 6) is 1.69. The number of benzene rings is 2. The van der Waals surface area contributed by atoms with E-state index in [4.69, 9.17) is 9.47 Å². The van der Waals surface area contributed by atoms with Crippen LogP contribution < -0.4 is 14.2 Å². The van der Waals surface area contributed by atoms with Crippen LogP contribution >= 0.6 is 0 Å². The smallest absolute Gasteiger partial charge is 0.241 e. The fraction of sp³-hybridized carbons (Fsp3) is 0.400. The molecule has 0 saturated carbocycles. The first-order chi connectivity index (χ1) is 12.4. The van der Waals surface area contributed by atoms with Crippen molar-refractivity contribution in [3.05, 3.63) is 51.6 Å². The molecule has 5 nitrogen and oxygen atoms in total. The molecule has 0 saturated heterocycles. The maximum Gasteiger partial charge on any atom is 0.241 e. The lowest BCUT2D eigenvalue weighted by molar-refractivity contribution is 0.352. The molecule has 0 atom stereocenters. The Morgan fingerprint density at radius 1 is 1.00 bits per heavy atom. The van der Waals surface area contributed by atoms with Gasteiger partial charge in [-0.3, -0.25) is 0 Å². The molecule has 2 aromatic rings. The molecule has 2 heterocycles. The zero-order chi connectivity index (χ0) is 18.5. The number of hydrogen-bond donors (Lipinski definition) is 1. The number of hydrogen-bond acceptors (Lipinski definition) is 4. The minimum absolute atomic E-state index is 0.212. The van der Waals surface area contributed by atoms with Crippen molar-refractivity contribution < 1.29 is 17.9 Å². The average molecular weight is 373 g/mol. The van der Waals surface area contributed by atoms with Gasteiger partial charge in [0.2, 0.25) is 10.0 Å². The standard InChI is InChI=1S/C20H23NO4S/c1-12-8-13(2)20(14(3)9-12)26(22,23)21-11-17-16-5-7-24-18(16)10-15-4-6-25-19(15)17/h8-10,21H,4-7,11H2,1-3H3. The van der Waals surface area contributed by atoms with E-state index in [1.165, 1.54) is 0 Å². The largest absolute Gasteiger partial charge is 0.493 e. The predicted octanol–water partition coefficient (Wildman–Crippen LogP) is 2.96. The SMILES string of the molecule is Cc1cc(C)c(S(=O)(=O)NCc2c3c(cc4c2OCC4)OCC3)c(C)c1. The molecule has 1 N–H and O–H groups in total. The summed E-state index contributed by atoms with van der Waals surface area (Å²) in [5, 5.41) is 0. The second-order valence-corrected chi connectivity index (χ2v) is 8.77. The van der Waals surface area contributed by atoms with Crippen molar-refractivity contribution in [1.29, 1.82) is 0 Å². The molecule has 2 aliphatic heterocycles. The molecule has 0 unspecified atom stereocenters. The van der Waals surface area contributed by atoms with Crippen molar-refractivity contribution in [2.24, 2.45) is 0 Å². The molecule has 6 heteroatoms. The number of aryl methyl sites for hydroxylation is 3. The summed E-state index contributed by atoms with van der Waals surface area (Å²) < 4.78 is 40.2. The van der Waals surface area contributed by atoms with Gasteiger partial charge in [-0.25, -0.2) is 13.1 Å². The van der Waals surface area contributed by atoms with E-state index in [1.807, 2.05) is 39.0 Å². The first kappa shape index (κ1) is 17.4. The van der Waals surface area contributed by atoms with Crippen LogP contribution in [0, 0.1) is 20.8 Å². The fourth-order valence-corrected chi connectivity index (χ4v) is 5.55. The summed E-state index contributed by atoms with van der Waals surface area (Å²) in [7, 11) is -3.62. The van der Waals surface area contributed by atoms with Gasteiger partial charge in [-0.2, -0.15) is 0 Å². The highest BCUT2D eigenvalue weighted by Crippen LogP contribution is 2.40. The van der Waals surface area contributed by atoms with Crippen LogP contribution in [0.1, 0.15) is 33.4 Å². The third-order valence-electron chi connectivity index (χ3n) is 5.07. The molecular formula is C20H23NO4S. The summed E-state index contributed by atoms with van der Waals surface area (Å²) in [6, 6.07) is 5.84. The molecule has 0 fully saturated rings. The van der Waals surface area contributed by atoms with Crippen molar-refractivity contribution in [1.82, 2.24) is 4.72 Å². The van der Waals surface area contributed by atoms with E-state index in [0.29, 0.717) is 18.1 Å². The molecule has 0 radical (unpaired) electrons. The van der Waals surface area contributed by atoms with Gasteiger partial charge in [-0.05, 0) is 38.0 Å². The monoisotopic (exact) mass is 373 g/mol. The highest BCUT2D eigenvalue weighted by molar-refractivity contribution is 7.89. The van der Waals surface area contributed by atoms with Gasteiger partial charge in [0.05, 0.1) is 18.1 Å². The first-order valence-corrected chi connectivity index (χ1v) is 10.4. The lowest BCUT2D eigenvalue weighted by Crippen LogP contribution is -2.25. The van der Waals surface area contributed by atoms with Crippen molar-refractivity contribution in [3.8, 4) is 11.5 Å². The van der Waals surface area contributed by atoms with Crippen molar-refractivity contribution in [2.45, 2.75) is 45.1 Å². The van der Waals surface area contributed by atoms with Crippen LogP contribution in [-0.4, -0.2) is 21.6 Å². The summed E-state index contributed by atoms with van der Waals surface area (Å²) in [6.45, 7) is 7.12. The van der Waals surface area contributed by atoms with Gasteiger partial charge in [0, 0.05) is 36.1 Å². The lowest BCUT2D eigenvalue weighted by atomic mass is 10.00. The average Bonchev–Trinajstić information content (AvgIpc) is 3.18. The highest BCUT2D eigenvalue weighted by Gasteiger charge is 2.28. The number of fused-ring (bicyclic) bond motifs is 2. The zero-order valence-electron chi connectivity index (χ0n) is 15.3. The third kappa shape index (κ3) is 2.87. The van der Waals surface area contributed by atoms with Crippen LogP contribution in [0.25, 0.3) is 0 Å². The van der Waals surface area contributed by atoms with Gasteiger partial charge >= 0.3 is 0 Å². The number of nitrogens with one attached hydrogen (secondary N) is 1. The van der Waals surface area contributed by atoms with E-state index in [0.717, 1.165) is 57.7 Å². The molecule has 138 valence electrons. The molecule has 26 heavy (non-hydrogen) atoms. The van der Waals surface area contributed by atoms with Crippen LogP contribution in [0.2, 0.25) is 0 Å². The normalized spacial score (nSPS) is 15.3. The second-order valence-electron chi connectivity index (χ2n) is 7.07. The molecule has 0 aromatic heterocycles. The van der Waals surface area contributed by atoms with E-state index in [1.54, 1.807) is 0 Å². The summed E-state index contributed by atoms with van der Waals surface area (Å²) in [6.07, 6.45) is 1.62. The Labute approximate surface area is 154 Å². The molecule has 2 aromatic carbocycles. The van der Waals surface area contributed by atoms with Crippen LogP contribution in [-0.2, 0) is 29.4 Å². The van der Waals surface area contributed by atoms with Crippen LogP contribution in [0.15, 0.2) is 23.1 Å². The van der Waals surface area contributed by atoms with Crippen molar-refractivity contribution in [2.75, 3.05) is 13.2 Å². The quantitative estimate of drug-likeness (QED) is 0.895. The summed E-state index contributed by atoms with van der Waals surface area (Å²) >= 11 is 0. The Hall–Kier alpha value is -2.05. The maximum atomic E-state index is 13.0. The van der Waals surface area contributed by atoms with Crippen LogP contribution in [0.3, 0.4) is 0 Å². The summed E-state index contributed by atoms with van der Waals surface area (Å²) in [4.78, 5) is 0.365. The lowest BCUT2D eigenvalue weighted by Gasteiger charge is -2.16. The van der Waals surface area contributed by atoms with Gasteiger partial charge in [0.1, 0.15) is 11.5 Å². The van der Waals surface area contributed by atoms with Crippen LogP contribution in [0.4, 0.5) is 0 Å². The second kappa shape index (κ2) is 6.28. The zero-order valence-corrected chi connectivity index (χ0v) is 16.1. The number of rotatable bonds is 4. The Bertz CT molecular complexity index is 940. The molecule has 0 spiro atoms. The van der Waals surface area contributed by atoms with Gasteiger partial charge in [-0.1, -0.05) is 17.7 Å². The Balaban J connectivity index is 1.68. The Kier molecular flexibility index (Phi) is 4.20. The van der Waals surface area contributed by atoms with Crippen molar-refractivity contribution in [3.63, 3.8) is 0 Å². The van der Waals surface area contributed by atoms with Gasteiger partial charge < -0.3 is 9.47 Å². The van der Waals surface area contributed by atoms with E-state index in [2.05, 4.69) is 4.72 Å².